The maximum atomic E-state index is 11.5. The number of aromatic nitrogens is 3. The third-order valence-corrected chi connectivity index (χ3v) is 3.50. The van der Waals surface area contributed by atoms with E-state index in [4.69, 9.17) is 4.74 Å². The number of nitrogens with one attached hydrogen (secondary N) is 2. The minimum atomic E-state index is -0.513. The van der Waals surface area contributed by atoms with Crippen LogP contribution in [0.2, 0.25) is 0 Å². The van der Waals surface area contributed by atoms with E-state index in [1.807, 2.05) is 24.3 Å². The van der Waals surface area contributed by atoms with E-state index in [2.05, 4.69) is 25.6 Å². The molecule has 0 aliphatic carbocycles. The second-order valence-corrected chi connectivity index (χ2v) is 5.10. The Morgan fingerprint density at radius 2 is 2.00 bits per heavy atom. The van der Waals surface area contributed by atoms with Crippen molar-refractivity contribution in [3.63, 3.8) is 0 Å². The van der Waals surface area contributed by atoms with E-state index in [1.165, 1.54) is 6.33 Å². The summed E-state index contributed by atoms with van der Waals surface area (Å²) in [6.45, 7) is 0.797. The van der Waals surface area contributed by atoms with E-state index in [0.717, 1.165) is 10.9 Å². The number of fused-ring (bicyclic) bond motifs is 1. The number of methoxy groups -OCH3 is 1. The second kappa shape index (κ2) is 7.49. The van der Waals surface area contributed by atoms with Crippen molar-refractivity contribution in [3.8, 4) is 0 Å². The summed E-state index contributed by atoms with van der Waals surface area (Å²) in [6.07, 6.45) is 2.96. The monoisotopic (exact) mass is 340 g/mol. The molecule has 0 saturated heterocycles. The van der Waals surface area contributed by atoms with Gasteiger partial charge in [-0.3, -0.25) is 15.1 Å². The third-order valence-electron chi connectivity index (χ3n) is 3.50. The highest BCUT2D eigenvalue weighted by atomic mass is 16.6. The number of benzene rings is 1. The van der Waals surface area contributed by atoms with E-state index in [1.54, 1.807) is 19.4 Å². The zero-order valence-electron chi connectivity index (χ0n) is 13.5. The number of rotatable bonds is 7. The number of nitro groups is 1. The van der Waals surface area contributed by atoms with Crippen LogP contribution in [0.3, 0.4) is 0 Å². The normalized spacial score (nSPS) is 10.6. The van der Waals surface area contributed by atoms with Gasteiger partial charge >= 0.3 is 5.69 Å². The summed E-state index contributed by atoms with van der Waals surface area (Å²) in [5, 5.41) is 18.3. The van der Waals surface area contributed by atoms with Gasteiger partial charge in [-0.15, -0.1) is 0 Å². The summed E-state index contributed by atoms with van der Waals surface area (Å²) in [6, 6.07) is 9.19. The molecule has 0 unspecified atom stereocenters. The maximum Gasteiger partial charge on any atom is 0.353 e. The molecule has 2 heterocycles. The first kappa shape index (κ1) is 16.5. The van der Waals surface area contributed by atoms with E-state index in [9.17, 15) is 10.1 Å². The predicted octanol–water partition coefficient (Wildman–Crippen LogP) is 2.73. The Bertz CT molecular complexity index is 897. The molecule has 128 valence electrons. The molecule has 0 bridgehead atoms. The minimum Gasteiger partial charge on any atom is -0.383 e. The molecule has 9 nitrogen and oxygen atoms in total. The summed E-state index contributed by atoms with van der Waals surface area (Å²) in [7, 11) is 1.55. The first-order valence-corrected chi connectivity index (χ1v) is 7.53. The van der Waals surface area contributed by atoms with Crippen molar-refractivity contribution in [2.45, 2.75) is 0 Å². The fraction of sp³-hybridized carbons (Fsp3) is 0.188. The van der Waals surface area contributed by atoms with Crippen molar-refractivity contribution in [3.05, 3.63) is 53.0 Å². The van der Waals surface area contributed by atoms with Crippen LogP contribution < -0.4 is 10.6 Å². The summed E-state index contributed by atoms with van der Waals surface area (Å²) < 4.78 is 4.94. The Hall–Kier alpha value is -3.33. The van der Waals surface area contributed by atoms with Crippen molar-refractivity contribution in [2.24, 2.45) is 0 Å². The van der Waals surface area contributed by atoms with Crippen LogP contribution >= 0.6 is 0 Å². The van der Waals surface area contributed by atoms with Crippen LogP contribution in [0.15, 0.2) is 42.9 Å². The van der Waals surface area contributed by atoms with Crippen LogP contribution in [-0.4, -0.2) is 40.1 Å². The largest absolute Gasteiger partial charge is 0.383 e. The summed E-state index contributed by atoms with van der Waals surface area (Å²) >= 11 is 0. The first-order valence-electron chi connectivity index (χ1n) is 7.53. The smallest absolute Gasteiger partial charge is 0.353 e. The highest BCUT2D eigenvalue weighted by molar-refractivity contribution is 5.93. The summed E-state index contributed by atoms with van der Waals surface area (Å²) in [5.41, 5.74) is 1.23. The number of hydrogen-bond donors (Lipinski definition) is 2. The molecule has 3 aromatic rings. The molecule has 2 aromatic heterocycles. The van der Waals surface area contributed by atoms with Gasteiger partial charge in [0, 0.05) is 30.9 Å². The lowest BCUT2D eigenvalue weighted by Crippen LogP contribution is -2.12. The van der Waals surface area contributed by atoms with Gasteiger partial charge in [0.25, 0.3) is 0 Å². The van der Waals surface area contributed by atoms with E-state index >= 15 is 0 Å². The molecule has 9 heteroatoms. The van der Waals surface area contributed by atoms with Gasteiger partial charge in [-0.05, 0) is 24.3 Å². The molecule has 0 amide bonds. The van der Waals surface area contributed by atoms with Crippen LogP contribution in [0.4, 0.5) is 23.0 Å². The van der Waals surface area contributed by atoms with Gasteiger partial charge in [-0.1, -0.05) is 6.07 Å². The van der Waals surface area contributed by atoms with Crippen molar-refractivity contribution in [1.82, 2.24) is 15.0 Å². The van der Waals surface area contributed by atoms with Crippen molar-refractivity contribution in [2.75, 3.05) is 30.9 Å². The molecule has 2 N–H and O–H groups in total. The molecule has 25 heavy (non-hydrogen) atoms. The zero-order chi connectivity index (χ0) is 17.6. The third kappa shape index (κ3) is 3.61. The maximum absolute atomic E-state index is 11.5. The lowest BCUT2D eigenvalue weighted by molar-refractivity contribution is -0.383. The van der Waals surface area contributed by atoms with E-state index in [0.29, 0.717) is 18.8 Å². The van der Waals surface area contributed by atoms with Gasteiger partial charge in [0.15, 0.2) is 0 Å². The Morgan fingerprint density at radius 3 is 2.80 bits per heavy atom. The van der Waals surface area contributed by atoms with Crippen LogP contribution in [-0.2, 0) is 4.74 Å². The lowest BCUT2D eigenvalue weighted by Gasteiger charge is -2.11. The van der Waals surface area contributed by atoms with Crippen LogP contribution in [0, 0.1) is 10.1 Å². The fourth-order valence-electron chi connectivity index (χ4n) is 2.38. The van der Waals surface area contributed by atoms with Gasteiger partial charge in [0.05, 0.1) is 17.0 Å². The van der Waals surface area contributed by atoms with Crippen molar-refractivity contribution < 1.29 is 9.66 Å². The van der Waals surface area contributed by atoms with Gasteiger partial charge < -0.3 is 15.4 Å². The molecule has 0 saturated carbocycles. The summed E-state index contributed by atoms with van der Waals surface area (Å²) in [4.78, 5) is 23.3. The van der Waals surface area contributed by atoms with Gasteiger partial charge in [0.2, 0.25) is 11.6 Å². The van der Waals surface area contributed by atoms with Gasteiger partial charge in [-0.2, -0.15) is 0 Å². The molecular weight excluding hydrogens is 324 g/mol. The Balaban J connectivity index is 1.99. The quantitative estimate of drug-likeness (QED) is 0.383. The molecular formula is C16H16N6O3. The van der Waals surface area contributed by atoms with Crippen LogP contribution in [0.25, 0.3) is 10.9 Å². The molecule has 0 spiro atoms. The highest BCUT2D eigenvalue weighted by Crippen LogP contribution is 2.33. The molecule has 0 aliphatic heterocycles. The Kier molecular flexibility index (Phi) is 4.95. The number of ether oxygens (including phenoxy) is 1. The van der Waals surface area contributed by atoms with Crippen molar-refractivity contribution in [1.29, 1.82) is 0 Å². The Morgan fingerprint density at radius 1 is 1.16 bits per heavy atom. The molecule has 0 atom stereocenters. The highest BCUT2D eigenvalue weighted by Gasteiger charge is 2.23. The lowest BCUT2D eigenvalue weighted by atomic mass is 10.2. The number of hydrogen-bond acceptors (Lipinski definition) is 8. The average Bonchev–Trinajstić information content (AvgIpc) is 2.62. The van der Waals surface area contributed by atoms with E-state index in [-0.39, 0.29) is 17.3 Å². The van der Waals surface area contributed by atoms with E-state index < -0.39 is 4.92 Å². The average molecular weight is 340 g/mol. The van der Waals surface area contributed by atoms with Crippen LogP contribution in [0.1, 0.15) is 0 Å². The number of anilines is 3. The van der Waals surface area contributed by atoms with Gasteiger partial charge in [-0.25, -0.2) is 9.97 Å². The molecule has 0 fully saturated rings. The predicted molar refractivity (Wildman–Crippen MR) is 94.1 cm³/mol. The molecule has 3 rings (SSSR count). The second-order valence-electron chi connectivity index (χ2n) is 5.10. The molecule has 0 radical (unpaired) electrons. The Labute approximate surface area is 143 Å². The zero-order valence-corrected chi connectivity index (χ0v) is 13.5. The summed E-state index contributed by atoms with van der Waals surface area (Å²) in [5.74, 6) is 0.245. The minimum absolute atomic E-state index is 0.108. The number of nitrogens with zero attached hydrogens (tertiary/aromatic N) is 4. The van der Waals surface area contributed by atoms with Crippen LogP contribution in [0.5, 0.6) is 0 Å². The van der Waals surface area contributed by atoms with Gasteiger partial charge in [0.1, 0.15) is 6.33 Å². The molecule has 1 aromatic carbocycles. The molecule has 0 aliphatic rings. The fourth-order valence-corrected chi connectivity index (χ4v) is 2.38. The SMILES string of the molecule is COCCNc1ncnc(Nc2cccc3ncccc23)c1[N+](=O)[O-]. The standard InChI is InChI=1S/C16H16N6O3/c1-25-9-8-18-15-14(22(23)24)16(20-10-19-15)21-13-6-2-5-12-11(13)4-3-7-17-12/h2-7,10H,8-9H2,1H3,(H2,18,19,20,21). The first-order chi connectivity index (χ1) is 12.2. The topological polar surface area (TPSA) is 115 Å². The number of pyridine rings is 1. The van der Waals surface area contributed by atoms with Crippen molar-refractivity contribution >= 4 is 33.9 Å².